The summed E-state index contributed by atoms with van der Waals surface area (Å²) in [6.45, 7) is 4.28. The number of nitriles is 1. The quantitative estimate of drug-likeness (QED) is 0.646. The van der Waals surface area contributed by atoms with Gasteiger partial charge in [0.2, 0.25) is 0 Å². The number of aromatic nitrogens is 1. The van der Waals surface area contributed by atoms with E-state index in [9.17, 15) is 5.26 Å². The molecule has 0 radical (unpaired) electrons. The lowest BCUT2D eigenvalue weighted by atomic mass is 9.64. The predicted molar refractivity (Wildman–Crippen MR) is 106 cm³/mol. The van der Waals surface area contributed by atoms with E-state index in [2.05, 4.69) is 48.4 Å². The highest BCUT2D eigenvalue weighted by atomic mass is 35.5. The molecule has 4 heteroatoms. The van der Waals surface area contributed by atoms with Gasteiger partial charge in [-0.15, -0.1) is 0 Å². The standard InChI is InChI=1S/C22H20ClN3/c1-14-5-3-7-18(15(14)2)22(11-16(12-22)13-24)26-19-9-8-17-6-4-10-25-21(17)20(19)23/h3-10,16,26H,11-12H2,1-2H3. The highest BCUT2D eigenvalue weighted by Gasteiger charge is 2.47. The van der Waals surface area contributed by atoms with E-state index in [1.165, 1.54) is 16.7 Å². The Balaban J connectivity index is 1.79. The van der Waals surface area contributed by atoms with Crippen LogP contribution in [0.15, 0.2) is 48.7 Å². The third-order valence-electron chi connectivity index (χ3n) is 5.58. The molecule has 0 unspecified atom stereocenters. The van der Waals surface area contributed by atoms with Gasteiger partial charge in [-0.3, -0.25) is 4.98 Å². The van der Waals surface area contributed by atoms with Gasteiger partial charge in [0.25, 0.3) is 0 Å². The van der Waals surface area contributed by atoms with Crippen molar-refractivity contribution in [1.29, 1.82) is 5.26 Å². The smallest absolute Gasteiger partial charge is 0.0909 e. The lowest BCUT2D eigenvalue weighted by Gasteiger charge is -2.48. The lowest BCUT2D eigenvalue weighted by molar-refractivity contribution is 0.218. The summed E-state index contributed by atoms with van der Waals surface area (Å²) in [6.07, 6.45) is 3.32. The van der Waals surface area contributed by atoms with Crippen LogP contribution >= 0.6 is 11.6 Å². The van der Waals surface area contributed by atoms with Crippen LogP contribution in [0.2, 0.25) is 5.02 Å². The Bertz CT molecular complexity index is 1030. The number of rotatable bonds is 3. The average molecular weight is 362 g/mol. The summed E-state index contributed by atoms with van der Waals surface area (Å²) >= 11 is 6.67. The van der Waals surface area contributed by atoms with Crippen LogP contribution in [-0.2, 0) is 5.54 Å². The summed E-state index contributed by atoms with van der Waals surface area (Å²) in [7, 11) is 0. The van der Waals surface area contributed by atoms with E-state index in [1.54, 1.807) is 6.20 Å². The molecule has 3 nitrogen and oxygen atoms in total. The molecule has 26 heavy (non-hydrogen) atoms. The second-order valence-electron chi connectivity index (χ2n) is 7.19. The number of aryl methyl sites for hydroxylation is 1. The largest absolute Gasteiger partial charge is 0.374 e. The molecule has 1 aliphatic rings. The normalized spacial score (nSPS) is 21.8. The maximum absolute atomic E-state index is 9.34. The van der Waals surface area contributed by atoms with Crippen LogP contribution in [-0.4, -0.2) is 4.98 Å². The van der Waals surface area contributed by atoms with Gasteiger partial charge in [-0.2, -0.15) is 5.26 Å². The molecule has 0 bridgehead atoms. The minimum absolute atomic E-state index is 0.0692. The van der Waals surface area contributed by atoms with Gasteiger partial charge < -0.3 is 5.32 Å². The van der Waals surface area contributed by atoms with E-state index in [1.807, 2.05) is 24.3 Å². The third kappa shape index (κ3) is 2.62. The molecule has 130 valence electrons. The molecular weight excluding hydrogens is 342 g/mol. The first kappa shape index (κ1) is 16.9. The maximum atomic E-state index is 9.34. The summed E-state index contributed by atoms with van der Waals surface area (Å²) in [5.41, 5.74) is 5.19. The highest BCUT2D eigenvalue weighted by molar-refractivity contribution is 6.37. The van der Waals surface area contributed by atoms with Crippen molar-refractivity contribution < 1.29 is 0 Å². The van der Waals surface area contributed by atoms with Crippen LogP contribution in [0.25, 0.3) is 10.9 Å². The monoisotopic (exact) mass is 361 g/mol. The number of anilines is 1. The van der Waals surface area contributed by atoms with E-state index in [-0.39, 0.29) is 11.5 Å². The van der Waals surface area contributed by atoms with Crippen molar-refractivity contribution in [3.05, 3.63) is 70.4 Å². The second-order valence-corrected chi connectivity index (χ2v) is 7.57. The molecule has 3 aromatic rings. The summed E-state index contributed by atoms with van der Waals surface area (Å²) in [4.78, 5) is 4.43. The fourth-order valence-electron chi connectivity index (χ4n) is 4.00. The molecule has 1 heterocycles. The number of halogens is 1. The van der Waals surface area contributed by atoms with Gasteiger partial charge in [-0.1, -0.05) is 41.9 Å². The molecule has 1 aliphatic carbocycles. The molecule has 2 aromatic carbocycles. The number of hydrogen-bond donors (Lipinski definition) is 1. The minimum atomic E-state index is -0.261. The van der Waals surface area contributed by atoms with Crippen molar-refractivity contribution >= 4 is 28.2 Å². The fraction of sp³-hybridized carbons (Fsp3) is 0.273. The molecule has 1 N–H and O–H groups in total. The van der Waals surface area contributed by atoms with Crippen LogP contribution < -0.4 is 5.32 Å². The summed E-state index contributed by atoms with van der Waals surface area (Å²) < 4.78 is 0. The van der Waals surface area contributed by atoms with E-state index in [0.29, 0.717) is 5.02 Å². The van der Waals surface area contributed by atoms with Gasteiger partial charge in [0.05, 0.1) is 33.8 Å². The van der Waals surface area contributed by atoms with Crippen molar-refractivity contribution in [2.45, 2.75) is 32.2 Å². The third-order valence-corrected chi connectivity index (χ3v) is 5.96. The zero-order valence-electron chi connectivity index (χ0n) is 14.9. The first-order chi connectivity index (χ1) is 12.5. The van der Waals surface area contributed by atoms with Crippen LogP contribution in [0.3, 0.4) is 0 Å². The van der Waals surface area contributed by atoms with E-state index < -0.39 is 0 Å². The fourth-order valence-corrected chi connectivity index (χ4v) is 4.26. The summed E-state index contributed by atoms with van der Waals surface area (Å²) in [5, 5.41) is 14.7. The van der Waals surface area contributed by atoms with Crippen molar-refractivity contribution in [2.24, 2.45) is 5.92 Å². The Morgan fingerprint density at radius 2 is 1.96 bits per heavy atom. The molecule has 0 amide bonds. The zero-order chi connectivity index (χ0) is 18.3. The molecule has 0 atom stereocenters. The SMILES string of the molecule is Cc1cccc(C2(Nc3ccc4cccnc4c3Cl)CC(C#N)C2)c1C. The molecule has 4 rings (SSSR count). The predicted octanol–water partition coefficient (Wildman–Crippen LogP) is 5.75. The molecule has 0 saturated heterocycles. The number of pyridine rings is 1. The van der Waals surface area contributed by atoms with E-state index in [0.717, 1.165) is 29.4 Å². The number of fused-ring (bicyclic) bond motifs is 1. The van der Waals surface area contributed by atoms with Gasteiger partial charge in [0, 0.05) is 11.6 Å². The van der Waals surface area contributed by atoms with Crippen LogP contribution in [0.5, 0.6) is 0 Å². The molecular formula is C22H20ClN3. The van der Waals surface area contributed by atoms with Crippen molar-refractivity contribution in [2.75, 3.05) is 5.32 Å². The molecule has 0 spiro atoms. The topological polar surface area (TPSA) is 48.7 Å². The Kier molecular flexibility index (Phi) is 4.09. The molecule has 1 aromatic heterocycles. The van der Waals surface area contributed by atoms with Crippen LogP contribution in [0.4, 0.5) is 5.69 Å². The Hall–Kier alpha value is -2.57. The summed E-state index contributed by atoms with van der Waals surface area (Å²) in [5.74, 6) is 0.0692. The lowest BCUT2D eigenvalue weighted by Crippen LogP contribution is -2.47. The van der Waals surface area contributed by atoms with E-state index in [4.69, 9.17) is 11.6 Å². The minimum Gasteiger partial charge on any atom is -0.374 e. The maximum Gasteiger partial charge on any atom is 0.0909 e. The van der Waals surface area contributed by atoms with Gasteiger partial charge in [0.15, 0.2) is 0 Å². The van der Waals surface area contributed by atoms with Gasteiger partial charge in [-0.25, -0.2) is 0 Å². The van der Waals surface area contributed by atoms with E-state index >= 15 is 0 Å². The molecule has 0 aliphatic heterocycles. The van der Waals surface area contributed by atoms with Gasteiger partial charge >= 0.3 is 0 Å². The summed E-state index contributed by atoms with van der Waals surface area (Å²) in [6, 6.07) is 16.7. The van der Waals surface area contributed by atoms with Gasteiger partial charge in [-0.05, 0) is 55.5 Å². The first-order valence-electron chi connectivity index (χ1n) is 8.82. The molecule has 1 saturated carbocycles. The Labute approximate surface area is 158 Å². The van der Waals surface area contributed by atoms with Crippen LogP contribution in [0.1, 0.15) is 29.5 Å². The zero-order valence-corrected chi connectivity index (χ0v) is 15.6. The Morgan fingerprint density at radius 1 is 1.15 bits per heavy atom. The average Bonchev–Trinajstić information content (AvgIpc) is 2.62. The van der Waals surface area contributed by atoms with Gasteiger partial charge in [0.1, 0.15) is 0 Å². The Morgan fingerprint density at radius 3 is 2.73 bits per heavy atom. The highest BCUT2D eigenvalue weighted by Crippen LogP contribution is 2.50. The number of nitrogens with zero attached hydrogens (tertiary/aromatic N) is 2. The van der Waals surface area contributed by atoms with Crippen molar-refractivity contribution in [3.8, 4) is 6.07 Å². The van der Waals surface area contributed by atoms with Crippen molar-refractivity contribution in [3.63, 3.8) is 0 Å². The number of hydrogen-bond acceptors (Lipinski definition) is 3. The van der Waals surface area contributed by atoms with Crippen molar-refractivity contribution in [1.82, 2.24) is 4.98 Å². The van der Waals surface area contributed by atoms with Crippen LogP contribution in [0, 0.1) is 31.1 Å². The molecule has 1 fully saturated rings. The number of benzene rings is 2. The second kappa shape index (κ2) is 6.30. The first-order valence-corrected chi connectivity index (χ1v) is 9.19. The number of nitrogens with one attached hydrogen (secondary N) is 1.